The standard InChI is InChI=1S/C5H11ClNO5P/c6-2-1-4(13(10,11)12)7-3-5(8)9/h4,7H,1-3H2,(H,8,9)(H2,10,11,12). The minimum absolute atomic E-state index is 0.0269. The fourth-order valence-corrected chi connectivity index (χ4v) is 1.86. The topological polar surface area (TPSA) is 107 Å². The summed E-state index contributed by atoms with van der Waals surface area (Å²) < 4.78 is 10.7. The first-order valence-electron chi connectivity index (χ1n) is 3.44. The first-order chi connectivity index (χ1) is 5.88. The van der Waals surface area contributed by atoms with Gasteiger partial charge >= 0.3 is 13.6 Å². The van der Waals surface area contributed by atoms with E-state index in [2.05, 4.69) is 5.32 Å². The van der Waals surface area contributed by atoms with E-state index in [0.29, 0.717) is 0 Å². The lowest BCUT2D eigenvalue weighted by molar-refractivity contribution is -0.136. The van der Waals surface area contributed by atoms with E-state index in [1.54, 1.807) is 0 Å². The Morgan fingerprint density at radius 1 is 1.54 bits per heavy atom. The van der Waals surface area contributed by atoms with Crippen LogP contribution in [0.4, 0.5) is 0 Å². The summed E-state index contributed by atoms with van der Waals surface area (Å²) in [6.45, 7) is -0.493. The lowest BCUT2D eigenvalue weighted by atomic mass is 10.4. The van der Waals surface area contributed by atoms with E-state index in [1.165, 1.54) is 0 Å². The fraction of sp³-hybridized carbons (Fsp3) is 0.800. The van der Waals surface area contributed by atoms with Crippen LogP contribution in [0.2, 0.25) is 0 Å². The van der Waals surface area contributed by atoms with E-state index in [9.17, 15) is 9.36 Å². The van der Waals surface area contributed by atoms with Crippen LogP contribution in [0.25, 0.3) is 0 Å². The van der Waals surface area contributed by atoms with Crippen LogP contribution in [0.5, 0.6) is 0 Å². The Morgan fingerprint density at radius 2 is 2.08 bits per heavy atom. The quantitative estimate of drug-likeness (QED) is 0.372. The highest BCUT2D eigenvalue weighted by Crippen LogP contribution is 2.41. The Labute approximate surface area is 80.1 Å². The molecule has 0 aromatic rings. The van der Waals surface area contributed by atoms with Crippen molar-refractivity contribution < 1.29 is 24.3 Å². The molecule has 0 fully saturated rings. The van der Waals surface area contributed by atoms with Crippen molar-refractivity contribution in [3.05, 3.63) is 0 Å². The number of carboxylic acid groups (broad SMARTS) is 1. The average Bonchev–Trinajstić information content (AvgIpc) is 1.95. The molecule has 6 nitrogen and oxygen atoms in total. The Bertz CT molecular complexity index is 217. The summed E-state index contributed by atoms with van der Waals surface area (Å²) in [5.74, 6) is -2.29. The minimum atomic E-state index is -4.31. The molecule has 0 rings (SSSR count). The third kappa shape index (κ3) is 6.01. The highest BCUT2D eigenvalue weighted by Gasteiger charge is 2.27. The van der Waals surface area contributed by atoms with Crippen molar-refractivity contribution in [2.24, 2.45) is 0 Å². The maximum atomic E-state index is 10.7. The van der Waals surface area contributed by atoms with Crippen LogP contribution in [0.1, 0.15) is 6.42 Å². The van der Waals surface area contributed by atoms with Gasteiger partial charge < -0.3 is 14.9 Å². The Morgan fingerprint density at radius 3 is 2.38 bits per heavy atom. The van der Waals surface area contributed by atoms with Gasteiger partial charge in [-0.3, -0.25) is 14.7 Å². The number of rotatable bonds is 6. The smallest absolute Gasteiger partial charge is 0.342 e. The Kier molecular flexibility index (Phi) is 5.51. The molecule has 0 bridgehead atoms. The molecule has 13 heavy (non-hydrogen) atoms. The predicted molar refractivity (Wildman–Crippen MR) is 46.8 cm³/mol. The molecule has 0 radical (unpaired) electrons. The number of alkyl halides is 1. The Hall–Kier alpha value is -0.130. The number of aliphatic carboxylic acids is 1. The zero-order chi connectivity index (χ0) is 10.5. The van der Waals surface area contributed by atoms with E-state index < -0.39 is 25.9 Å². The molecule has 1 unspecified atom stereocenters. The van der Waals surface area contributed by atoms with Crippen molar-refractivity contribution in [3.63, 3.8) is 0 Å². The van der Waals surface area contributed by atoms with E-state index >= 15 is 0 Å². The van der Waals surface area contributed by atoms with Gasteiger partial charge in [-0.1, -0.05) is 0 Å². The molecule has 0 amide bonds. The maximum Gasteiger partial charge on any atom is 0.342 e. The number of carboxylic acids is 1. The van der Waals surface area contributed by atoms with Crippen LogP contribution < -0.4 is 5.32 Å². The van der Waals surface area contributed by atoms with Crippen LogP contribution in [0.3, 0.4) is 0 Å². The molecule has 0 saturated heterocycles. The van der Waals surface area contributed by atoms with E-state index in [0.717, 1.165) is 0 Å². The van der Waals surface area contributed by atoms with Gasteiger partial charge in [0.1, 0.15) is 5.78 Å². The molecular formula is C5H11ClNO5P. The van der Waals surface area contributed by atoms with E-state index in [4.69, 9.17) is 26.5 Å². The van der Waals surface area contributed by atoms with Gasteiger partial charge in [0.05, 0.1) is 6.54 Å². The number of carbonyl (C=O) groups is 1. The third-order valence-corrected chi connectivity index (χ3v) is 2.75. The van der Waals surface area contributed by atoms with Crippen LogP contribution in [0, 0.1) is 0 Å². The third-order valence-electron chi connectivity index (χ3n) is 1.28. The number of halogens is 1. The summed E-state index contributed by atoms with van der Waals surface area (Å²) in [7, 11) is -4.31. The molecule has 0 aromatic heterocycles. The highest BCUT2D eigenvalue weighted by molar-refractivity contribution is 7.52. The summed E-state index contributed by atoms with van der Waals surface area (Å²) in [6.07, 6.45) is 0.0269. The summed E-state index contributed by atoms with van der Waals surface area (Å²) in [5.41, 5.74) is 0. The first kappa shape index (κ1) is 12.9. The lowest BCUT2D eigenvalue weighted by Gasteiger charge is -2.17. The van der Waals surface area contributed by atoms with Gasteiger partial charge in [0.15, 0.2) is 0 Å². The largest absolute Gasteiger partial charge is 0.480 e. The van der Waals surface area contributed by atoms with Crippen molar-refractivity contribution in [1.29, 1.82) is 0 Å². The molecule has 0 aliphatic heterocycles. The summed E-state index contributed by atoms with van der Waals surface area (Å²) in [6, 6.07) is 0. The summed E-state index contributed by atoms with van der Waals surface area (Å²) in [4.78, 5) is 27.5. The van der Waals surface area contributed by atoms with Gasteiger partial charge in [-0.05, 0) is 6.42 Å². The molecular weight excluding hydrogens is 220 g/mol. The molecule has 0 aliphatic carbocycles. The predicted octanol–water partition coefficient (Wildman–Crippen LogP) is -0.207. The first-order valence-corrected chi connectivity index (χ1v) is 5.66. The van der Waals surface area contributed by atoms with Gasteiger partial charge in [-0.2, -0.15) is 0 Å². The highest BCUT2D eigenvalue weighted by atomic mass is 35.5. The number of nitrogens with one attached hydrogen (secondary N) is 1. The summed E-state index contributed by atoms with van der Waals surface area (Å²) in [5, 5.41) is 10.5. The monoisotopic (exact) mass is 231 g/mol. The molecule has 0 heterocycles. The molecule has 0 aliphatic rings. The second-order valence-electron chi connectivity index (χ2n) is 2.36. The van der Waals surface area contributed by atoms with Gasteiger partial charge in [-0.25, -0.2) is 0 Å². The number of hydrogen-bond donors (Lipinski definition) is 4. The zero-order valence-electron chi connectivity index (χ0n) is 6.68. The van der Waals surface area contributed by atoms with Crippen molar-refractivity contribution >= 4 is 25.2 Å². The van der Waals surface area contributed by atoms with Gasteiger partial charge in [0, 0.05) is 5.88 Å². The van der Waals surface area contributed by atoms with Crippen molar-refractivity contribution in [1.82, 2.24) is 5.32 Å². The number of hydrogen-bond acceptors (Lipinski definition) is 3. The van der Waals surface area contributed by atoms with Crippen molar-refractivity contribution in [3.8, 4) is 0 Å². The molecule has 78 valence electrons. The average molecular weight is 232 g/mol. The maximum absolute atomic E-state index is 10.7. The van der Waals surface area contributed by atoms with Gasteiger partial charge in [0.25, 0.3) is 0 Å². The van der Waals surface area contributed by atoms with E-state index in [1.807, 2.05) is 0 Å². The Balaban J connectivity index is 4.11. The second kappa shape index (κ2) is 5.57. The molecule has 8 heteroatoms. The lowest BCUT2D eigenvalue weighted by Crippen LogP contribution is -2.33. The molecule has 0 aromatic carbocycles. The van der Waals surface area contributed by atoms with Crippen molar-refractivity contribution in [2.75, 3.05) is 12.4 Å². The van der Waals surface area contributed by atoms with Crippen LogP contribution in [-0.4, -0.2) is 39.1 Å². The van der Waals surface area contributed by atoms with Gasteiger partial charge in [-0.15, -0.1) is 11.6 Å². The van der Waals surface area contributed by atoms with Crippen molar-refractivity contribution in [2.45, 2.75) is 12.2 Å². The molecule has 0 spiro atoms. The fourth-order valence-electron chi connectivity index (χ4n) is 0.698. The minimum Gasteiger partial charge on any atom is -0.480 e. The molecule has 0 saturated carbocycles. The van der Waals surface area contributed by atoms with E-state index in [-0.39, 0.29) is 12.3 Å². The van der Waals surface area contributed by atoms with Gasteiger partial charge in [0.2, 0.25) is 0 Å². The SMILES string of the molecule is O=C(O)CNC(CCCl)P(=O)(O)O. The normalized spacial score (nSPS) is 14.1. The zero-order valence-corrected chi connectivity index (χ0v) is 8.33. The van der Waals surface area contributed by atoms with Crippen LogP contribution in [0.15, 0.2) is 0 Å². The second-order valence-corrected chi connectivity index (χ2v) is 4.54. The van der Waals surface area contributed by atoms with Crippen LogP contribution >= 0.6 is 19.2 Å². The molecule has 1 atom stereocenters. The van der Waals surface area contributed by atoms with Crippen LogP contribution in [-0.2, 0) is 9.36 Å². The summed E-state index contributed by atoms with van der Waals surface area (Å²) >= 11 is 5.29. The molecule has 4 N–H and O–H groups in total.